The summed E-state index contributed by atoms with van der Waals surface area (Å²) >= 11 is 0. The molecule has 2 fully saturated rings. The molecule has 1 saturated heterocycles. The molecule has 0 aromatic heterocycles. The maximum absolute atomic E-state index is 5.97. The number of hydrogen-bond donors (Lipinski definition) is 1. The molecule has 1 aliphatic carbocycles. The minimum Gasteiger partial charge on any atom is -0.377 e. The van der Waals surface area contributed by atoms with Crippen molar-refractivity contribution in [2.24, 2.45) is 5.92 Å². The Kier molecular flexibility index (Phi) is 5.93. The Balaban J connectivity index is 1.62. The average Bonchev–Trinajstić information content (AvgIpc) is 2.91. The number of piperazine rings is 1. The molecule has 0 aromatic rings. The Hall–Kier alpha value is -0.120. The summed E-state index contributed by atoms with van der Waals surface area (Å²) < 4.78 is 5.97. The van der Waals surface area contributed by atoms with Gasteiger partial charge in [0.15, 0.2) is 0 Å². The molecule has 0 bridgehead atoms. The molecule has 3 heteroatoms. The van der Waals surface area contributed by atoms with E-state index in [2.05, 4.69) is 24.1 Å². The van der Waals surface area contributed by atoms with E-state index in [1.54, 1.807) is 0 Å². The lowest BCUT2D eigenvalue weighted by atomic mass is 9.97. The van der Waals surface area contributed by atoms with Crippen LogP contribution in [0, 0.1) is 5.92 Å². The molecular weight excluding hydrogens is 224 g/mol. The Morgan fingerprint density at radius 3 is 2.83 bits per heavy atom. The van der Waals surface area contributed by atoms with Gasteiger partial charge in [0.25, 0.3) is 0 Å². The van der Waals surface area contributed by atoms with E-state index in [-0.39, 0.29) is 0 Å². The van der Waals surface area contributed by atoms with E-state index >= 15 is 0 Å². The summed E-state index contributed by atoms with van der Waals surface area (Å²) in [6.45, 7) is 10.2. The van der Waals surface area contributed by atoms with Crippen molar-refractivity contribution in [3.63, 3.8) is 0 Å². The zero-order valence-corrected chi connectivity index (χ0v) is 12.2. The van der Waals surface area contributed by atoms with Crippen LogP contribution in [-0.2, 0) is 4.74 Å². The SMILES string of the molecule is CCC(C)C1CN(CCOC2CCCC2)CCN1. The minimum absolute atomic E-state index is 0.568. The van der Waals surface area contributed by atoms with Crippen molar-refractivity contribution in [3.8, 4) is 0 Å². The van der Waals surface area contributed by atoms with Crippen molar-refractivity contribution in [2.45, 2.75) is 58.1 Å². The monoisotopic (exact) mass is 254 g/mol. The molecule has 3 nitrogen and oxygen atoms in total. The first kappa shape index (κ1) is 14.3. The van der Waals surface area contributed by atoms with E-state index in [1.165, 1.54) is 45.2 Å². The third kappa shape index (κ3) is 4.22. The number of ether oxygens (including phenoxy) is 1. The molecule has 106 valence electrons. The first-order chi connectivity index (χ1) is 8.79. The molecule has 2 unspecified atom stereocenters. The summed E-state index contributed by atoms with van der Waals surface area (Å²) in [5.41, 5.74) is 0. The van der Waals surface area contributed by atoms with Gasteiger partial charge in [-0.15, -0.1) is 0 Å². The Bertz CT molecular complexity index is 229. The van der Waals surface area contributed by atoms with Crippen LogP contribution < -0.4 is 5.32 Å². The molecule has 2 atom stereocenters. The lowest BCUT2D eigenvalue weighted by Gasteiger charge is -2.36. The van der Waals surface area contributed by atoms with Crippen LogP contribution in [0.1, 0.15) is 46.0 Å². The van der Waals surface area contributed by atoms with Crippen molar-refractivity contribution < 1.29 is 4.74 Å². The van der Waals surface area contributed by atoms with Crippen molar-refractivity contribution in [1.82, 2.24) is 10.2 Å². The normalized spacial score (nSPS) is 28.7. The van der Waals surface area contributed by atoms with Crippen LogP contribution in [0.4, 0.5) is 0 Å². The predicted octanol–water partition coefficient (Wildman–Crippen LogP) is 2.27. The van der Waals surface area contributed by atoms with E-state index in [4.69, 9.17) is 4.74 Å². The second-order valence-electron chi connectivity index (χ2n) is 6.02. The first-order valence-electron chi connectivity index (χ1n) is 7.87. The molecule has 2 aliphatic rings. The Labute approximate surface area is 112 Å². The second-order valence-corrected chi connectivity index (χ2v) is 6.02. The van der Waals surface area contributed by atoms with Crippen LogP contribution in [0.15, 0.2) is 0 Å². The topological polar surface area (TPSA) is 24.5 Å². The molecule has 2 rings (SSSR count). The maximum atomic E-state index is 5.97. The summed E-state index contributed by atoms with van der Waals surface area (Å²) in [6.07, 6.45) is 7.15. The number of rotatable bonds is 6. The Morgan fingerprint density at radius 1 is 1.33 bits per heavy atom. The van der Waals surface area contributed by atoms with Gasteiger partial charge in [-0.1, -0.05) is 33.1 Å². The largest absolute Gasteiger partial charge is 0.377 e. The molecular formula is C15H30N2O. The summed E-state index contributed by atoms with van der Waals surface area (Å²) in [6, 6.07) is 0.676. The third-order valence-electron chi connectivity index (χ3n) is 4.68. The van der Waals surface area contributed by atoms with E-state index in [9.17, 15) is 0 Å². The maximum Gasteiger partial charge on any atom is 0.0597 e. The fourth-order valence-corrected chi connectivity index (χ4v) is 3.11. The second kappa shape index (κ2) is 7.46. The highest BCUT2D eigenvalue weighted by Crippen LogP contribution is 2.20. The first-order valence-corrected chi connectivity index (χ1v) is 7.87. The molecule has 1 heterocycles. The van der Waals surface area contributed by atoms with Crippen molar-refractivity contribution in [1.29, 1.82) is 0 Å². The molecule has 18 heavy (non-hydrogen) atoms. The van der Waals surface area contributed by atoms with Gasteiger partial charge in [-0.05, 0) is 18.8 Å². The summed E-state index contributed by atoms with van der Waals surface area (Å²) in [7, 11) is 0. The summed E-state index contributed by atoms with van der Waals surface area (Å²) in [4.78, 5) is 2.57. The van der Waals surface area contributed by atoms with Gasteiger partial charge in [-0.2, -0.15) is 0 Å². The molecule has 0 amide bonds. The lowest BCUT2D eigenvalue weighted by Crippen LogP contribution is -2.53. The van der Waals surface area contributed by atoms with Crippen LogP contribution in [0.3, 0.4) is 0 Å². The lowest BCUT2D eigenvalue weighted by molar-refractivity contribution is 0.0345. The van der Waals surface area contributed by atoms with Gasteiger partial charge in [0.1, 0.15) is 0 Å². The highest BCUT2D eigenvalue weighted by atomic mass is 16.5. The number of hydrogen-bond acceptors (Lipinski definition) is 3. The summed E-state index contributed by atoms with van der Waals surface area (Å²) in [5, 5.41) is 3.65. The van der Waals surface area contributed by atoms with Gasteiger partial charge in [0.2, 0.25) is 0 Å². The zero-order valence-electron chi connectivity index (χ0n) is 12.2. The van der Waals surface area contributed by atoms with E-state index in [0.29, 0.717) is 12.1 Å². The van der Waals surface area contributed by atoms with E-state index in [1.807, 2.05) is 0 Å². The van der Waals surface area contributed by atoms with Gasteiger partial charge in [0, 0.05) is 32.2 Å². The molecule has 1 N–H and O–H groups in total. The van der Waals surface area contributed by atoms with Crippen molar-refractivity contribution >= 4 is 0 Å². The van der Waals surface area contributed by atoms with Crippen LogP contribution in [0.5, 0.6) is 0 Å². The molecule has 0 spiro atoms. The van der Waals surface area contributed by atoms with Crippen LogP contribution in [0.25, 0.3) is 0 Å². The molecule has 0 radical (unpaired) electrons. The molecule has 0 aromatic carbocycles. The standard InChI is InChI=1S/C15H30N2O/c1-3-13(2)15-12-17(9-8-16-15)10-11-18-14-6-4-5-7-14/h13-16H,3-12H2,1-2H3. The Morgan fingerprint density at radius 2 is 2.11 bits per heavy atom. The highest BCUT2D eigenvalue weighted by molar-refractivity contribution is 4.82. The third-order valence-corrected chi connectivity index (χ3v) is 4.68. The van der Waals surface area contributed by atoms with E-state index in [0.717, 1.165) is 25.6 Å². The predicted molar refractivity (Wildman–Crippen MR) is 75.9 cm³/mol. The zero-order chi connectivity index (χ0) is 12.8. The average molecular weight is 254 g/mol. The van der Waals surface area contributed by atoms with Crippen LogP contribution >= 0.6 is 0 Å². The van der Waals surface area contributed by atoms with E-state index < -0.39 is 0 Å². The molecule has 1 saturated carbocycles. The van der Waals surface area contributed by atoms with Gasteiger partial charge in [0.05, 0.1) is 12.7 Å². The van der Waals surface area contributed by atoms with Crippen molar-refractivity contribution in [3.05, 3.63) is 0 Å². The fraction of sp³-hybridized carbons (Fsp3) is 1.00. The van der Waals surface area contributed by atoms with Crippen LogP contribution in [0.2, 0.25) is 0 Å². The number of nitrogens with zero attached hydrogens (tertiary/aromatic N) is 1. The van der Waals surface area contributed by atoms with Gasteiger partial charge in [-0.25, -0.2) is 0 Å². The highest BCUT2D eigenvalue weighted by Gasteiger charge is 2.23. The quantitative estimate of drug-likeness (QED) is 0.787. The molecule has 1 aliphatic heterocycles. The van der Waals surface area contributed by atoms with Crippen LogP contribution in [-0.4, -0.2) is 49.8 Å². The van der Waals surface area contributed by atoms with Gasteiger partial charge < -0.3 is 10.1 Å². The minimum atomic E-state index is 0.568. The van der Waals surface area contributed by atoms with Gasteiger partial charge >= 0.3 is 0 Å². The van der Waals surface area contributed by atoms with Crippen molar-refractivity contribution in [2.75, 3.05) is 32.8 Å². The number of nitrogens with one attached hydrogen (secondary N) is 1. The fourth-order valence-electron chi connectivity index (χ4n) is 3.11. The van der Waals surface area contributed by atoms with Gasteiger partial charge in [-0.3, -0.25) is 4.90 Å². The summed E-state index contributed by atoms with van der Waals surface area (Å²) in [5.74, 6) is 0.781. The smallest absolute Gasteiger partial charge is 0.0597 e.